The van der Waals surface area contributed by atoms with E-state index >= 15 is 0 Å². The van der Waals surface area contributed by atoms with E-state index in [1.165, 1.54) is 16.7 Å². The first-order valence-corrected chi connectivity index (χ1v) is 11.0. The van der Waals surface area contributed by atoms with Crippen molar-refractivity contribution in [1.82, 2.24) is 0 Å². The number of carbonyl (C=O) groups excluding carboxylic acids is 3. The van der Waals surface area contributed by atoms with E-state index in [1.54, 1.807) is 43.3 Å². The molecule has 0 saturated carbocycles. The lowest BCUT2D eigenvalue weighted by molar-refractivity contribution is -0.114. The first-order chi connectivity index (χ1) is 15.5. The zero-order chi connectivity index (χ0) is 22.7. The molecule has 7 heteroatoms. The van der Waals surface area contributed by atoms with Crippen molar-refractivity contribution < 1.29 is 19.1 Å². The number of hydrogen-bond acceptors (Lipinski definition) is 5. The van der Waals surface area contributed by atoms with Crippen LogP contribution in [0.15, 0.2) is 76.5 Å². The highest BCUT2D eigenvalue weighted by atomic mass is 32.2. The minimum Gasteiger partial charge on any atom is -0.462 e. The van der Waals surface area contributed by atoms with Gasteiger partial charge in [0, 0.05) is 15.5 Å². The summed E-state index contributed by atoms with van der Waals surface area (Å²) in [4.78, 5) is 41.7. The SMILES string of the molecule is CCOC(=O)c1ccc2c(c1)N(CC(=O)Nc1cccc(C)c1)C(=O)c1ccccc1S2. The number of amides is 2. The van der Waals surface area contributed by atoms with Crippen LogP contribution in [0.3, 0.4) is 0 Å². The van der Waals surface area contributed by atoms with Crippen molar-refractivity contribution in [3.8, 4) is 0 Å². The van der Waals surface area contributed by atoms with Crippen molar-refractivity contribution in [2.75, 3.05) is 23.4 Å². The van der Waals surface area contributed by atoms with Crippen molar-refractivity contribution >= 4 is 40.9 Å². The van der Waals surface area contributed by atoms with Crippen LogP contribution in [0.5, 0.6) is 0 Å². The van der Waals surface area contributed by atoms with Crippen LogP contribution in [0, 0.1) is 6.92 Å². The van der Waals surface area contributed by atoms with E-state index in [0.717, 1.165) is 15.4 Å². The van der Waals surface area contributed by atoms with E-state index in [1.807, 2.05) is 37.3 Å². The number of carbonyl (C=O) groups is 3. The van der Waals surface area contributed by atoms with Crippen molar-refractivity contribution in [1.29, 1.82) is 0 Å². The van der Waals surface area contributed by atoms with Gasteiger partial charge in [-0.25, -0.2) is 4.79 Å². The molecule has 4 rings (SSSR count). The maximum Gasteiger partial charge on any atom is 0.338 e. The Morgan fingerprint density at radius 2 is 1.81 bits per heavy atom. The summed E-state index contributed by atoms with van der Waals surface area (Å²) in [6.07, 6.45) is 0. The molecule has 1 aliphatic heterocycles. The number of hydrogen-bond donors (Lipinski definition) is 1. The second-order valence-electron chi connectivity index (χ2n) is 7.31. The minimum atomic E-state index is -0.473. The van der Waals surface area contributed by atoms with Gasteiger partial charge in [0.2, 0.25) is 5.91 Å². The predicted octanol–water partition coefficient (Wildman–Crippen LogP) is 4.92. The van der Waals surface area contributed by atoms with Crippen LogP contribution in [-0.4, -0.2) is 30.9 Å². The van der Waals surface area contributed by atoms with Crippen molar-refractivity contribution in [3.63, 3.8) is 0 Å². The first kappa shape index (κ1) is 21.6. The fourth-order valence-electron chi connectivity index (χ4n) is 3.49. The van der Waals surface area contributed by atoms with Gasteiger partial charge in [-0.2, -0.15) is 0 Å². The Hall–Kier alpha value is -3.58. The molecule has 162 valence electrons. The van der Waals surface area contributed by atoms with E-state index in [0.29, 0.717) is 22.5 Å². The molecule has 0 atom stereocenters. The molecule has 0 aliphatic carbocycles. The monoisotopic (exact) mass is 446 g/mol. The number of ether oxygens (including phenoxy) is 1. The summed E-state index contributed by atoms with van der Waals surface area (Å²) in [6.45, 7) is 3.73. The molecule has 3 aromatic rings. The maximum absolute atomic E-state index is 13.5. The highest BCUT2D eigenvalue weighted by molar-refractivity contribution is 7.99. The number of fused-ring (bicyclic) bond motifs is 2. The van der Waals surface area contributed by atoms with Crippen LogP contribution in [0.4, 0.5) is 11.4 Å². The van der Waals surface area contributed by atoms with Gasteiger partial charge in [0.15, 0.2) is 0 Å². The summed E-state index contributed by atoms with van der Waals surface area (Å²) in [6, 6.07) is 19.8. The zero-order valence-electron chi connectivity index (χ0n) is 17.8. The predicted molar refractivity (Wildman–Crippen MR) is 124 cm³/mol. The average Bonchev–Trinajstić information content (AvgIpc) is 2.88. The second-order valence-corrected chi connectivity index (χ2v) is 8.39. The van der Waals surface area contributed by atoms with E-state index in [-0.39, 0.29) is 25.0 Å². The molecule has 2 amide bonds. The summed E-state index contributed by atoms with van der Waals surface area (Å²) in [5.74, 6) is -1.10. The number of nitrogens with zero attached hydrogens (tertiary/aromatic N) is 1. The standard InChI is InChI=1S/C25H22N2O4S/c1-3-31-25(30)17-11-12-22-20(14-17)27(24(29)19-9-4-5-10-21(19)32-22)15-23(28)26-18-8-6-7-16(2)13-18/h4-14H,3,15H2,1-2H3,(H,26,28). The Kier molecular flexibility index (Phi) is 6.28. The van der Waals surface area contributed by atoms with Gasteiger partial charge in [-0.05, 0) is 61.9 Å². The molecule has 0 saturated heterocycles. The number of esters is 1. The third-order valence-corrected chi connectivity index (χ3v) is 6.09. The van der Waals surface area contributed by atoms with E-state index in [4.69, 9.17) is 4.74 Å². The number of benzene rings is 3. The molecule has 3 aromatic carbocycles. The van der Waals surface area contributed by atoms with Crippen molar-refractivity contribution in [2.24, 2.45) is 0 Å². The maximum atomic E-state index is 13.5. The lowest BCUT2D eigenvalue weighted by Crippen LogP contribution is -2.38. The number of nitrogens with one attached hydrogen (secondary N) is 1. The average molecular weight is 447 g/mol. The van der Waals surface area contributed by atoms with Gasteiger partial charge in [0.05, 0.1) is 23.4 Å². The molecule has 32 heavy (non-hydrogen) atoms. The van der Waals surface area contributed by atoms with Gasteiger partial charge in [-0.1, -0.05) is 36.0 Å². The van der Waals surface area contributed by atoms with Gasteiger partial charge in [-0.3, -0.25) is 14.5 Å². The molecule has 1 N–H and O–H groups in total. The molecule has 1 aliphatic rings. The minimum absolute atomic E-state index is 0.194. The molecular weight excluding hydrogens is 424 g/mol. The number of anilines is 2. The van der Waals surface area contributed by atoms with E-state index < -0.39 is 5.97 Å². The van der Waals surface area contributed by atoms with Gasteiger partial charge >= 0.3 is 5.97 Å². The Bertz CT molecular complexity index is 1210. The van der Waals surface area contributed by atoms with Crippen LogP contribution in [0.25, 0.3) is 0 Å². The zero-order valence-corrected chi connectivity index (χ0v) is 18.6. The molecule has 0 unspecified atom stereocenters. The van der Waals surface area contributed by atoms with E-state index in [2.05, 4.69) is 5.32 Å². The highest BCUT2D eigenvalue weighted by Gasteiger charge is 2.29. The van der Waals surface area contributed by atoms with Gasteiger partial charge in [0.1, 0.15) is 6.54 Å². The van der Waals surface area contributed by atoms with Crippen molar-refractivity contribution in [2.45, 2.75) is 23.6 Å². The highest BCUT2D eigenvalue weighted by Crippen LogP contribution is 2.41. The topological polar surface area (TPSA) is 75.7 Å². The molecular formula is C25H22N2O4S. The summed E-state index contributed by atoms with van der Waals surface area (Å²) in [5.41, 5.74) is 3.01. The summed E-state index contributed by atoms with van der Waals surface area (Å²) in [7, 11) is 0. The molecule has 1 heterocycles. The molecule has 0 radical (unpaired) electrons. The number of rotatable bonds is 5. The van der Waals surface area contributed by atoms with Crippen molar-refractivity contribution in [3.05, 3.63) is 83.4 Å². The normalized spacial score (nSPS) is 12.4. The van der Waals surface area contributed by atoms with Gasteiger partial charge < -0.3 is 10.1 Å². The van der Waals surface area contributed by atoms with Gasteiger partial charge in [-0.15, -0.1) is 0 Å². The Labute approximate surface area is 190 Å². The molecule has 6 nitrogen and oxygen atoms in total. The van der Waals surface area contributed by atoms with Gasteiger partial charge in [0.25, 0.3) is 5.91 Å². The van der Waals surface area contributed by atoms with E-state index in [9.17, 15) is 14.4 Å². The molecule has 0 spiro atoms. The van der Waals surface area contributed by atoms with Crippen LogP contribution in [0.1, 0.15) is 33.2 Å². The van der Waals surface area contributed by atoms with Crippen LogP contribution < -0.4 is 10.2 Å². The van der Waals surface area contributed by atoms with Crippen LogP contribution >= 0.6 is 11.8 Å². The van der Waals surface area contributed by atoms with Crippen LogP contribution in [0.2, 0.25) is 0 Å². The Balaban J connectivity index is 1.71. The summed E-state index contributed by atoms with van der Waals surface area (Å²) >= 11 is 1.43. The largest absolute Gasteiger partial charge is 0.462 e. The summed E-state index contributed by atoms with van der Waals surface area (Å²) < 4.78 is 5.12. The quantitative estimate of drug-likeness (QED) is 0.563. The Morgan fingerprint density at radius 1 is 1.00 bits per heavy atom. The lowest BCUT2D eigenvalue weighted by atomic mass is 10.1. The molecule has 0 bridgehead atoms. The fraction of sp³-hybridized carbons (Fsp3) is 0.160. The third kappa shape index (κ3) is 4.53. The van der Waals surface area contributed by atoms with Crippen LogP contribution in [-0.2, 0) is 9.53 Å². The summed E-state index contributed by atoms with van der Waals surface area (Å²) in [5, 5.41) is 2.85. The third-order valence-electron chi connectivity index (χ3n) is 4.95. The fourth-order valence-corrected chi connectivity index (χ4v) is 4.54. The first-order valence-electron chi connectivity index (χ1n) is 10.2. The Morgan fingerprint density at radius 3 is 2.59 bits per heavy atom. The molecule has 0 fully saturated rings. The second kappa shape index (κ2) is 9.28. The smallest absolute Gasteiger partial charge is 0.338 e. The number of aryl methyl sites for hydroxylation is 1. The lowest BCUT2D eigenvalue weighted by Gasteiger charge is -2.23. The molecule has 0 aromatic heterocycles.